The molecule has 2 heterocycles. The van der Waals surface area contributed by atoms with Crippen LogP contribution < -0.4 is 15.0 Å². The van der Waals surface area contributed by atoms with E-state index in [9.17, 15) is 4.79 Å². The van der Waals surface area contributed by atoms with Crippen molar-refractivity contribution in [2.24, 2.45) is 0 Å². The van der Waals surface area contributed by atoms with Gasteiger partial charge in [-0.2, -0.15) is 0 Å². The number of hydrogen-bond acceptors (Lipinski definition) is 7. The third kappa shape index (κ3) is 5.80. The first-order valence-corrected chi connectivity index (χ1v) is 9.97. The van der Waals surface area contributed by atoms with Crippen LogP contribution in [0.5, 0.6) is 5.75 Å². The number of rotatable bonds is 8. The summed E-state index contributed by atoms with van der Waals surface area (Å²) in [6.45, 7) is 4.68. The van der Waals surface area contributed by atoms with E-state index in [-0.39, 0.29) is 5.91 Å². The van der Waals surface area contributed by atoms with Gasteiger partial charge in [0, 0.05) is 44.6 Å². The topological polar surface area (TPSA) is 73.8 Å². The fourth-order valence-electron chi connectivity index (χ4n) is 3.28. The van der Waals surface area contributed by atoms with Crippen molar-refractivity contribution in [3.8, 4) is 5.75 Å². The molecule has 2 aromatic rings. The Labute approximate surface area is 172 Å². The first kappa shape index (κ1) is 20.9. The van der Waals surface area contributed by atoms with Gasteiger partial charge in [-0.1, -0.05) is 0 Å². The molecule has 29 heavy (non-hydrogen) atoms. The normalized spacial score (nSPS) is 14.2. The van der Waals surface area contributed by atoms with Crippen molar-refractivity contribution in [2.45, 2.75) is 6.42 Å². The molecule has 0 spiro atoms. The lowest BCUT2D eigenvalue weighted by Gasteiger charge is -2.36. The molecule has 1 aliphatic heterocycles. The van der Waals surface area contributed by atoms with Gasteiger partial charge >= 0.3 is 0 Å². The Morgan fingerprint density at radius 2 is 1.86 bits per heavy atom. The Bertz CT molecular complexity index is 788. The van der Waals surface area contributed by atoms with Crippen LogP contribution in [0.1, 0.15) is 16.9 Å². The molecule has 0 atom stereocenters. The second-order valence-electron chi connectivity index (χ2n) is 7.33. The standard InChI is InChI=1S/C21H30N6O2/c1-25(2)12-4-10-22-21-23-11-9-19(24-21)20(28)27-15-13-26(14-16-27)17-5-7-18(29-3)8-6-17/h5-9,11H,4,10,12-16H2,1-3H3,(H,22,23,24). The number of anilines is 2. The molecular weight excluding hydrogens is 368 g/mol. The van der Waals surface area contributed by atoms with Crippen LogP contribution in [-0.4, -0.2) is 86.1 Å². The Hall–Kier alpha value is -2.87. The lowest BCUT2D eigenvalue weighted by molar-refractivity contribution is 0.0741. The molecule has 1 aliphatic rings. The molecule has 3 rings (SSSR count). The molecule has 1 aromatic carbocycles. The Balaban J connectivity index is 1.52. The molecule has 1 fully saturated rings. The van der Waals surface area contributed by atoms with Gasteiger partial charge in [0.15, 0.2) is 0 Å². The summed E-state index contributed by atoms with van der Waals surface area (Å²) in [4.78, 5) is 27.8. The molecule has 1 amide bonds. The van der Waals surface area contributed by atoms with E-state index in [2.05, 4.69) is 37.2 Å². The minimum atomic E-state index is -0.0434. The zero-order chi connectivity index (χ0) is 20.6. The molecule has 0 unspecified atom stereocenters. The maximum atomic E-state index is 12.9. The summed E-state index contributed by atoms with van der Waals surface area (Å²) < 4.78 is 5.21. The zero-order valence-corrected chi connectivity index (χ0v) is 17.5. The van der Waals surface area contributed by atoms with Gasteiger partial charge in [0.05, 0.1) is 7.11 Å². The monoisotopic (exact) mass is 398 g/mol. The van der Waals surface area contributed by atoms with E-state index in [1.807, 2.05) is 31.1 Å². The molecular formula is C21H30N6O2. The highest BCUT2D eigenvalue weighted by atomic mass is 16.5. The van der Waals surface area contributed by atoms with Crippen LogP contribution >= 0.6 is 0 Å². The van der Waals surface area contributed by atoms with Gasteiger partial charge < -0.3 is 24.8 Å². The highest BCUT2D eigenvalue weighted by molar-refractivity contribution is 5.92. The van der Waals surface area contributed by atoms with Crippen LogP contribution in [0.3, 0.4) is 0 Å². The third-order valence-electron chi connectivity index (χ3n) is 4.94. The average Bonchev–Trinajstić information content (AvgIpc) is 2.76. The molecule has 1 N–H and O–H groups in total. The van der Waals surface area contributed by atoms with Gasteiger partial charge in [0.25, 0.3) is 5.91 Å². The number of benzene rings is 1. The molecule has 0 aliphatic carbocycles. The van der Waals surface area contributed by atoms with Crippen molar-refractivity contribution in [2.75, 3.05) is 70.7 Å². The van der Waals surface area contributed by atoms with Crippen molar-refractivity contribution in [3.63, 3.8) is 0 Å². The molecule has 8 heteroatoms. The van der Waals surface area contributed by atoms with Crippen molar-refractivity contribution in [1.82, 2.24) is 19.8 Å². The van der Waals surface area contributed by atoms with Crippen molar-refractivity contribution < 1.29 is 9.53 Å². The predicted octanol–water partition coefficient (Wildman–Crippen LogP) is 1.81. The Morgan fingerprint density at radius 3 is 2.52 bits per heavy atom. The number of carbonyl (C=O) groups is 1. The van der Waals surface area contributed by atoms with Gasteiger partial charge in [0.2, 0.25) is 5.95 Å². The number of amides is 1. The summed E-state index contributed by atoms with van der Waals surface area (Å²) in [5.41, 5.74) is 1.58. The number of hydrogen-bond donors (Lipinski definition) is 1. The number of methoxy groups -OCH3 is 1. The van der Waals surface area contributed by atoms with Crippen molar-refractivity contribution in [3.05, 3.63) is 42.2 Å². The number of carbonyl (C=O) groups excluding carboxylic acids is 1. The largest absolute Gasteiger partial charge is 0.497 e. The first-order valence-electron chi connectivity index (χ1n) is 9.97. The Morgan fingerprint density at radius 1 is 1.14 bits per heavy atom. The maximum Gasteiger partial charge on any atom is 0.272 e. The number of ether oxygens (including phenoxy) is 1. The quantitative estimate of drug-likeness (QED) is 0.680. The van der Waals surface area contributed by atoms with E-state index in [1.54, 1.807) is 19.4 Å². The van der Waals surface area contributed by atoms with E-state index < -0.39 is 0 Å². The predicted molar refractivity (Wildman–Crippen MR) is 115 cm³/mol. The van der Waals surface area contributed by atoms with Crippen LogP contribution in [0.15, 0.2) is 36.5 Å². The summed E-state index contributed by atoms with van der Waals surface area (Å²) in [5.74, 6) is 1.31. The minimum absolute atomic E-state index is 0.0434. The van der Waals surface area contributed by atoms with Crippen LogP contribution in [0.4, 0.5) is 11.6 Å². The van der Waals surface area contributed by atoms with Crippen LogP contribution in [0, 0.1) is 0 Å². The summed E-state index contributed by atoms with van der Waals surface area (Å²) in [6.07, 6.45) is 2.63. The highest BCUT2D eigenvalue weighted by Gasteiger charge is 2.23. The summed E-state index contributed by atoms with van der Waals surface area (Å²) in [7, 11) is 5.76. The van der Waals surface area contributed by atoms with Gasteiger partial charge in [-0.15, -0.1) is 0 Å². The average molecular weight is 399 g/mol. The molecule has 0 saturated carbocycles. The SMILES string of the molecule is COc1ccc(N2CCN(C(=O)c3ccnc(NCCCN(C)C)n3)CC2)cc1. The lowest BCUT2D eigenvalue weighted by Crippen LogP contribution is -2.49. The van der Waals surface area contributed by atoms with Gasteiger partial charge in [0.1, 0.15) is 11.4 Å². The summed E-state index contributed by atoms with van der Waals surface area (Å²) in [6, 6.07) is 9.70. The van der Waals surface area contributed by atoms with Gasteiger partial charge in [-0.05, 0) is 57.4 Å². The summed E-state index contributed by atoms with van der Waals surface area (Å²) in [5, 5.41) is 3.20. The van der Waals surface area contributed by atoms with Crippen molar-refractivity contribution >= 4 is 17.5 Å². The minimum Gasteiger partial charge on any atom is -0.497 e. The van der Waals surface area contributed by atoms with Crippen LogP contribution in [0.2, 0.25) is 0 Å². The lowest BCUT2D eigenvalue weighted by atomic mass is 10.2. The van der Waals surface area contributed by atoms with Gasteiger partial charge in [-0.25, -0.2) is 9.97 Å². The van der Waals surface area contributed by atoms with E-state index in [1.165, 1.54) is 0 Å². The third-order valence-corrected chi connectivity index (χ3v) is 4.94. The molecule has 8 nitrogen and oxygen atoms in total. The first-order chi connectivity index (χ1) is 14.1. The molecule has 1 aromatic heterocycles. The summed E-state index contributed by atoms with van der Waals surface area (Å²) >= 11 is 0. The number of nitrogens with zero attached hydrogens (tertiary/aromatic N) is 5. The highest BCUT2D eigenvalue weighted by Crippen LogP contribution is 2.21. The van der Waals surface area contributed by atoms with Crippen LogP contribution in [-0.2, 0) is 0 Å². The second kappa shape index (κ2) is 10.1. The molecule has 1 saturated heterocycles. The van der Waals surface area contributed by atoms with Crippen LogP contribution in [0.25, 0.3) is 0 Å². The van der Waals surface area contributed by atoms with E-state index in [0.29, 0.717) is 24.7 Å². The number of nitrogens with one attached hydrogen (secondary N) is 1. The number of aromatic nitrogens is 2. The van der Waals surface area contributed by atoms with E-state index in [4.69, 9.17) is 4.74 Å². The van der Waals surface area contributed by atoms with Crippen molar-refractivity contribution in [1.29, 1.82) is 0 Å². The smallest absolute Gasteiger partial charge is 0.272 e. The van der Waals surface area contributed by atoms with E-state index >= 15 is 0 Å². The van der Waals surface area contributed by atoms with Gasteiger partial charge in [-0.3, -0.25) is 4.79 Å². The fraction of sp³-hybridized carbons (Fsp3) is 0.476. The Kier molecular flexibility index (Phi) is 7.24. The fourth-order valence-corrected chi connectivity index (χ4v) is 3.28. The van der Waals surface area contributed by atoms with E-state index in [0.717, 1.165) is 44.0 Å². The molecule has 156 valence electrons. The molecule has 0 bridgehead atoms. The molecule has 0 radical (unpaired) electrons. The maximum absolute atomic E-state index is 12.9. The second-order valence-corrected chi connectivity index (χ2v) is 7.33. The number of piperazine rings is 1. The zero-order valence-electron chi connectivity index (χ0n) is 17.5.